The molecule has 0 heterocycles. The molecular weight excluding hydrogens is 241 g/mol. The molecule has 1 aromatic carbocycles. The van der Waals surface area contributed by atoms with Crippen LogP contribution < -0.4 is 0 Å². The molecule has 0 aliphatic carbocycles. The summed E-state index contributed by atoms with van der Waals surface area (Å²) in [6, 6.07) is 6.72. The van der Waals surface area contributed by atoms with Crippen molar-refractivity contribution in [2.45, 2.75) is 52.5 Å². The fourth-order valence-corrected chi connectivity index (χ4v) is 2.05. The number of nitrogens with zero attached hydrogens (tertiary/aromatic N) is 1. The second-order valence-corrected chi connectivity index (χ2v) is 4.97. The summed E-state index contributed by atoms with van der Waals surface area (Å²) < 4.78 is 13.6. The van der Waals surface area contributed by atoms with Crippen molar-refractivity contribution in [3.05, 3.63) is 35.6 Å². The van der Waals surface area contributed by atoms with Gasteiger partial charge < -0.3 is 4.90 Å². The zero-order valence-corrected chi connectivity index (χ0v) is 12.2. The molecular formula is C16H24FNO. The van der Waals surface area contributed by atoms with Crippen molar-refractivity contribution < 1.29 is 9.18 Å². The third-order valence-electron chi connectivity index (χ3n) is 3.50. The van der Waals surface area contributed by atoms with Crippen molar-refractivity contribution in [2.24, 2.45) is 0 Å². The summed E-state index contributed by atoms with van der Waals surface area (Å²) in [7, 11) is 0. The number of carbonyl (C=O) groups excluding carboxylic acids is 1. The van der Waals surface area contributed by atoms with Crippen LogP contribution >= 0.6 is 0 Å². The van der Waals surface area contributed by atoms with E-state index >= 15 is 0 Å². The predicted molar refractivity (Wildman–Crippen MR) is 76.5 cm³/mol. The lowest BCUT2D eigenvalue weighted by atomic mass is 10.1. The minimum Gasteiger partial charge on any atom is -0.340 e. The van der Waals surface area contributed by atoms with E-state index in [-0.39, 0.29) is 24.2 Å². The summed E-state index contributed by atoms with van der Waals surface area (Å²) in [6.45, 7) is 6.99. The fraction of sp³-hybridized carbons (Fsp3) is 0.562. The summed E-state index contributed by atoms with van der Waals surface area (Å²) in [5.41, 5.74) is 0.484. The Morgan fingerprint density at radius 1 is 1.32 bits per heavy atom. The van der Waals surface area contributed by atoms with Crippen LogP contribution in [0.4, 0.5) is 4.39 Å². The highest BCUT2D eigenvalue weighted by Gasteiger charge is 2.19. The van der Waals surface area contributed by atoms with Gasteiger partial charge >= 0.3 is 0 Å². The van der Waals surface area contributed by atoms with Crippen LogP contribution in [0, 0.1) is 5.82 Å². The molecule has 0 saturated heterocycles. The average molecular weight is 265 g/mol. The van der Waals surface area contributed by atoms with Crippen LogP contribution in [0.5, 0.6) is 0 Å². The van der Waals surface area contributed by atoms with Gasteiger partial charge in [-0.2, -0.15) is 0 Å². The van der Waals surface area contributed by atoms with Gasteiger partial charge in [-0.3, -0.25) is 4.79 Å². The molecule has 1 aromatic rings. The predicted octanol–water partition coefficient (Wildman–Crippen LogP) is 3.80. The van der Waals surface area contributed by atoms with E-state index in [4.69, 9.17) is 0 Å². The number of rotatable bonds is 7. The van der Waals surface area contributed by atoms with Crippen LogP contribution in [0.15, 0.2) is 24.3 Å². The number of hydrogen-bond donors (Lipinski definition) is 0. The smallest absolute Gasteiger partial charge is 0.227 e. The van der Waals surface area contributed by atoms with E-state index in [0.717, 1.165) is 25.8 Å². The molecule has 19 heavy (non-hydrogen) atoms. The SMILES string of the molecule is CCCCN(C(=O)Cc1ccccc1F)C(C)CC. The Kier molecular flexibility index (Phi) is 6.54. The van der Waals surface area contributed by atoms with Crippen molar-refractivity contribution >= 4 is 5.91 Å². The van der Waals surface area contributed by atoms with Gasteiger partial charge in [-0.15, -0.1) is 0 Å². The molecule has 0 aromatic heterocycles. The summed E-state index contributed by atoms with van der Waals surface area (Å²) in [6.07, 6.45) is 3.13. The van der Waals surface area contributed by atoms with E-state index in [2.05, 4.69) is 20.8 Å². The van der Waals surface area contributed by atoms with Gasteiger partial charge in [0.05, 0.1) is 6.42 Å². The Labute approximate surface area is 115 Å². The Morgan fingerprint density at radius 2 is 2.00 bits per heavy atom. The van der Waals surface area contributed by atoms with Crippen LogP contribution in [0.2, 0.25) is 0 Å². The van der Waals surface area contributed by atoms with Gasteiger partial charge in [-0.1, -0.05) is 38.5 Å². The van der Waals surface area contributed by atoms with Crippen molar-refractivity contribution in [3.63, 3.8) is 0 Å². The summed E-state index contributed by atoms with van der Waals surface area (Å²) in [5, 5.41) is 0. The Hall–Kier alpha value is -1.38. The van der Waals surface area contributed by atoms with Crippen LogP contribution in [0.1, 0.15) is 45.6 Å². The number of unbranched alkanes of at least 4 members (excludes halogenated alkanes) is 1. The highest BCUT2D eigenvalue weighted by Crippen LogP contribution is 2.12. The van der Waals surface area contributed by atoms with Crippen LogP contribution in [0.25, 0.3) is 0 Å². The van der Waals surface area contributed by atoms with Gasteiger partial charge in [0.15, 0.2) is 0 Å². The van der Waals surface area contributed by atoms with E-state index in [1.54, 1.807) is 18.2 Å². The van der Waals surface area contributed by atoms with Crippen LogP contribution in [-0.2, 0) is 11.2 Å². The molecule has 0 aliphatic heterocycles. The molecule has 1 atom stereocenters. The number of hydrogen-bond acceptors (Lipinski definition) is 1. The van der Waals surface area contributed by atoms with Crippen LogP contribution in [0.3, 0.4) is 0 Å². The largest absolute Gasteiger partial charge is 0.340 e. The number of halogens is 1. The highest BCUT2D eigenvalue weighted by molar-refractivity contribution is 5.79. The van der Waals surface area contributed by atoms with Crippen molar-refractivity contribution in [1.82, 2.24) is 4.90 Å². The van der Waals surface area contributed by atoms with Crippen LogP contribution in [-0.4, -0.2) is 23.4 Å². The molecule has 0 N–H and O–H groups in total. The van der Waals surface area contributed by atoms with Gasteiger partial charge in [0, 0.05) is 12.6 Å². The molecule has 0 radical (unpaired) electrons. The van der Waals surface area contributed by atoms with E-state index in [9.17, 15) is 9.18 Å². The van der Waals surface area contributed by atoms with Gasteiger partial charge in [0.1, 0.15) is 5.82 Å². The van der Waals surface area contributed by atoms with E-state index in [1.165, 1.54) is 6.07 Å². The molecule has 2 nitrogen and oxygen atoms in total. The zero-order chi connectivity index (χ0) is 14.3. The zero-order valence-electron chi connectivity index (χ0n) is 12.2. The first kappa shape index (κ1) is 15.7. The van der Waals surface area contributed by atoms with E-state index in [1.807, 2.05) is 4.90 Å². The lowest BCUT2D eigenvalue weighted by Crippen LogP contribution is -2.40. The number of carbonyl (C=O) groups is 1. The second-order valence-electron chi connectivity index (χ2n) is 4.97. The molecule has 0 fully saturated rings. The maximum absolute atomic E-state index is 13.6. The number of amides is 1. The van der Waals surface area contributed by atoms with Gasteiger partial charge in [-0.25, -0.2) is 4.39 Å². The summed E-state index contributed by atoms with van der Waals surface area (Å²) in [5.74, 6) is -0.275. The Balaban J connectivity index is 2.74. The lowest BCUT2D eigenvalue weighted by Gasteiger charge is -2.28. The summed E-state index contributed by atoms with van der Waals surface area (Å²) >= 11 is 0. The third kappa shape index (κ3) is 4.66. The maximum atomic E-state index is 13.6. The maximum Gasteiger partial charge on any atom is 0.227 e. The van der Waals surface area contributed by atoms with Crippen molar-refractivity contribution in [3.8, 4) is 0 Å². The Bertz CT molecular complexity index is 405. The monoisotopic (exact) mass is 265 g/mol. The molecule has 0 bridgehead atoms. The minimum absolute atomic E-state index is 0.0212. The molecule has 1 rings (SSSR count). The normalized spacial score (nSPS) is 12.2. The van der Waals surface area contributed by atoms with Gasteiger partial charge in [0.25, 0.3) is 0 Å². The minimum atomic E-state index is -0.296. The molecule has 0 saturated carbocycles. The van der Waals surface area contributed by atoms with Crippen molar-refractivity contribution in [2.75, 3.05) is 6.54 Å². The molecule has 1 amide bonds. The van der Waals surface area contributed by atoms with Gasteiger partial charge in [-0.05, 0) is 31.4 Å². The molecule has 106 valence electrons. The summed E-state index contributed by atoms with van der Waals surface area (Å²) in [4.78, 5) is 14.2. The second kappa shape index (κ2) is 7.93. The first-order valence-electron chi connectivity index (χ1n) is 7.13. The third-order valence-corrected chi connectivity index (χ3v) is 3.50. The number of benzene rings is 1. The Morgan fingerprint density at radius 3 is 2.58 bits per heavy atom. The molecule has 3 heteroatoms. The highest BCUT2D eigenvalue weighted by atomic mass is 19.1. The average Bonchev–Trinajstić information content (AvgIpc) is 2.41. The van der Waals surface area contributed by atoms with Gasteiger partial charge in [0.2, 0.25) is 5.91 Å². The lowest BCUT2D eigenvalue weighted by molar-refractivity contribution is -0.132. The quantitative estimate of drug-likeness (QED) is 0.734. The van der Waals surface area contributed by atoms with Crippen molar-refractivity contribution in [1.29, 1.82) is 0 Å². The topological polar surface area (TPSA) is 20.3 Å². The van der Waals surface area contributed by atoms with E-state index < -0.39 is 0 Å². The standard InChI is InChI=1S/C16H24FNO/c1-4-6-11-18(13(3)5-2)16(19)12-14-9-7-8-10-15(14)17/h7-10,13H,4-6,11-12H2,1-3H3. The molecule has 1 unspecified atom stereocenters. The molecule has 0 spiro atoms. The first-order valence-corrected chi connectivity index (χ1v) is 7.13. The molecule has 0 aliphatic rings. The fourth-order valence-electron chi connectivity index (χ4n) is 2.05. The first-order chi connectivity index (χ1) is 9.10. The van der Waals surface area contributed by atoms with E-state index in [0.29, 0.717) is 5.56 Å².